The summed E-state index contributed by atoms with van der Waals surface area (Å²) >= 11 is 13.0. The van der Waals surface area contributed by atoms with Gasteiger partial charge >= 0.3 is 0 Å². The fourth-order valence-electron chi connectivity index (χ4n) is 1.62. The molecule has 0 bridgehead atoms. The zero-order valence-electron chi connectivity index (χ0n) is 9.97. The first-order valence-electron chi connectivity index (χ1n) is 5.34. The molecule has 0 aliphatic rings. The normalized spacial score (nSPS) is 10.7. The summed E-state index contributed by atoms with van der Waals surface area (Å²) in [6, 6.07) is 4.14. The molecular formula is C12H12Br2ClN3. The fourth-order valence-corrected chi connectivity index (χ4v) is 3.47. The number of anilines is 1. The van der Waals surface area contributed by atoms with Crippen molar-refractivity contribution in [2.45, 2.75) is 13.5 Å². The van der Waals surface area contributed by atoms with E-state index in [2.05, 4.69) is 61.2 Å². The van der Waals surface area contributed by atoms with E-state index in [1.165, 1.54) is 5.56 Å². The largest absolute Gasteiger partial charge is 0.376 e. The van der Waals surface area contributed by atoms with E-state index in [1.54, 1.807) is 6.20 Å². The Morgan fingerprint density at radius 1 is 1.33 bits per heavy atom. The number of halogens is 3. The second kappa shape index (κ2) is 5.63. The van der Waals surface area contributed by atoms with E-state index in [4.69, 9.17) is 11.6 Å². The Balaban J connectivity index is 2.18. The van der Waals surface area contributed by atoms with Crippen molar-refractivity contribution in [2.24, 2.45) is 7.05 Å². The third-order valence-electron chi connectivity index (χ3n) is 2.64. The van der Waals surface area contributed by atoms with Crippen LogP contribution in [0.2, 0.25) is 5.15 Å². The van der Waals surface area contributed by atoms with E-state index in [0.717, 1.165) is 20.5 Å². The van der Waals surface area contributed by atoms with Crippen LogP contribution in [-0.2, 0) is 13.6 Å². The van der Waals surface area contributed by atoms with Crippen molar-refractivity contribution in [1.29, 1.82) is 0 Å². The zero-order chi connectivity index (χ0) is 13.3. The molecule has 3 nitrogen and oxygen atoms in total. The minimum absolute atomic E-state index is 0.615. The third kappa shape index (κ3) is 2.90. The van der Waals surface area contributed by atoms with Crippen LogP contribution >= 0.6 is 43.5 Å². The number of rotatable bonds is 3. The predicted octanol–water partition coefficient (Wildman–Crippen LogP) is 4.52. The van der Waals surface area contributed by atoms with Gasteiger partial charge in [0.15, 0.2) is 0 Å². The molecule has 0 radical (unpaired) electrons. The summed E-state index contributed by atoms with van der Waals surface area (Å²) in [7, 11) is 1.89. The maximum absolute atomic E-state index is 5.95. The molecule has 1 heterocycles. The topological polar surface area (TPSA) is 29.9 Å². The lowest BCUT2D eigenvalue weighted by Gasteiger charge is -2.11. The number of nitrogens with one attached hydrogen (secondary N) is 1. The van der Waals surface area contributed by atoms with E-state index >= 15 is 0 Å². The standard InChI is InChI=1S/C12H12Br2ClN3/c1-7-3-8(13)12(9(14)4-7)17-6-11-16-5-10(15)18(11)2/h3-5,17H,6H2,1-2H3. The molecule has 1 aromatic carbocycles. The van der Waals surface area contributed by atoms with Crippen molar-refractivity contribution in [3.8, 4) is 0 Å². The van der Waals surface area contributed by atoms with Crippen LogP contribution in [0.3, 0.4) is 0 Å². The molecule has 0 atom stereocenters. The van der Waals surface area contributed by atoms with Crippen LogP contribution < -0.4 is 5.32 Å². The molecule has 0 aliphatic heterocycles. The first-order chi connectivity index (χ1) is 8.49. The van der Waals surface area contributed by atoms with Gasteiger partial charge in [-0.05, 0) is 56.5 Å². The fraction of sp³-hybridized carbons (Fsp3) is 0.250. The third-order valence-corrected chi connectivity index (χ3v) is 4.24. The Morgan fingerprint density at radius 2 is 1.94 bits per heavy atom. The van der Waals surface area contributed by atoms with Gasteiger partial charge in [-0.2, -0.15) is 0 Å². The van der Waals surface area contributed by atoms with Crippen molar-refractivity contribution < 1.29 is 0 Å². The minimum Gasteiger partial charge on any atom is -0.376 e. The van der Waals surface area contributed by atoms with Gasteiger partial charge in [-0.1, -0.05) is 11.6 Å². The highest BCUT2D eigenvalue weighted by Gasteiger charge is 2.08. The Morgan fingerprint density at radius 3 is 2.44 bits per heavy atom. The molecule has 0 saturated heterocycles. The maximum Gasteiger partial charge on any atom is 0.128 e. The van der Waals surface area contributed by atoms with E-state index in [9.17, 15) is 0 Å². The molecule has 1 aromatic heterocycles. The van der Waals surface area contributed by atoms with Gasteiger partial charge in [0.1, 0.15) is 11.0 Å². The number of aromatic nitrogens is 2. The average Bonchev–Trinajstić information content (AvgIpc) is 2.59. The highest BCUT2D eigenvalue weighted by molar-refractivity contribution is 9.11. The summed E-state index contributed by atoms with van der Waals surface area (Å²) in [6.07, 6.45) is 1.65. The predicted molar refractivity (Wildman–Crippen MR) is 82.1 cm³/mol. The van der Waals surface area contributed by atoms with E-state index in [0.29, 0.717) is 11.7 Å². The summed E-state index contributed by atoms with van der Waals surface area (Å²) < 4.78 is 3.90. The van der Waals surface area contributed by atoms with Crippen molar-refractivity contribution >= 4 is 49.1 Å². The summed E-state index contributed by atoms with van der Waals surface area (Å²) in [4.78, 5) is 4.25. The molecule has 0 amide bonds. The Kier molecular flexibility index (Phi) is 4.35. The van der Waals surface area contributed by atoms with Crippen LogP contribution in [0.1, 0.15) is 11.4 Å². The van der Waals surface area contributed by atoms with Crippen LogP contribution in [0.15, 0.2) is 27.3 Å². The average molecular weight is 394 g/mol. The molecule has 1 N–H and O–H groups in total. The summed E-state index contributed by atoms with van der Waals surface area (Å²) in [6.45, 7) is 2.67. The van der Waals surface area contributed by atoms with E-state index in [-0.39, 0.29) is 0 Å². The van der Waals surface area contributed by atoms with Crippen LogP contribution in [0.4, 0.5) is 5.69 Å². The maximum atomic E-state index is 5.95. The molecule has 18 heavy (non-hydrogen) atoms. The Bertz CT molecular complexity index is 558. The van der Waals surface area contributed by atoms with Crippen LogP contribution in [-0.4, -0.2) is 9.55 Å². The second-order valence-corrected chi connectivity index (χ2v) is 6.11. The molecule has 0 aliphatic carbocycles. The minimum atomic E-state index is 0.615. The number of hydrogen-bond acceptors (Lipinski definition) is 2. The molecule has 0 fully saturated rings. The van der Waals surface area contributed by atoms with Gasteiger partial charge in [0, 0.05) is 16.0 Å². The Hall–Kier alpha value is -0.520. The number of nitrogens with zero attached hydrogens (tertiary/aromatic N) is 2. The summed E-state index contributed by atoms with van der Waals surface area (Å²) in [5.74, 6) is 0.888. The molecule has 96 valence electrons. The Labute approximate surface area is 128 Å². The molecule has 0 spiro atoms. The van der Waals surface area contributed by atoms with Crippen LogP contribution in [0.25, 0.3) is 0 Å². The van der Waals surface area contributed by atoms with E-state index in [1.807, 2.05) is 11.6 Å². The van der Waals surface area contributed by atoms with E-state index < -0.39 is 0 Å². The number of hydrogen-bond donors (Lipinski definition) is 1. The smallest absolute Gasteiger partial charge is 0.128 e. The van der Waals surface area contributed by atoms with Crippen molar-refractivity contribution in [3.05, 3.63) is 43.8 Å². The van der Waals surface area contributed by atoms with Crippen LogP contribution in [0, 0.1) is 6.92 Å². The van der Waals surface area contributed by atoms with Gasteiger partial charge in [-0.25, -0.2) is 4.98 Å². The number of aryl methyl sites for hydroxylation is 1. The lowest BCUT2D eigenvalue weighted by Crippen LogP contribution is -2.07. The second-order valence-electron chi connectivity index (χ2n) is 4.01. The molecular weight excluding hydrogens is 381 g/mol. The summed E-state index contributed by atoms with van der Waals surface area (Å²) in [5.41, 5.74) is 2.21. The molecule has 6 heteroatoms. The molecule has 0 unspecified atom stereocenters. The van der Waals surface area contributed by atoms with Gasteiger partial charge < -0.3 is 9.88 Å². The quantitative estimate of drug-likeness (QED) is 0.831. The van der Waals surface area contributed by atoms with Gasteiger partial charge in [-0.15, -0.1) is 0 Å². The first-order valence-corrected chi connectivity index (χ1v) is 7.31. The first kappa shape index (κ1) is 13.9. The number of imidazole rings is 1. The molecule has 2 aromatic rings. The SMILES string of the molecule is Cc1cc(Br)c(NCc2ncc(Cl)n2C)c(Br)c1. The van der Waals surface area contributed by atoms with Gasteiger partial charge in [0.05, 0.1) is 18.4 Å². The van der Waals surface area contributed by atoms with Crippen LogP contribution in [0.5, 0.6) is 0 Å². The van der Waals surface area contributed by atoms with Gasteiger partial charge in [-0.3, -0.25) is 0 Å². The lowest BCUT2D eigenvalue weighted by molar-refractivity contribution is 0.813. The van der Waals surface area contributed by atoms with Gasteiger partial charge in [0.25, 0.3) is 0 Å². The number of benzene rings is 1. The van der Waals surface area contributed by atoms with Crippen molar-refractivity contribution in [3.63, 3.8) is 0 Å². The molecule has 0 saturated carbocycles. The monoisotopic (exact) mass is 391 g/mol. The highest BCUT2D eigenvalue weighted by atomic mass is 79.9. The highest BCUT2D eigenvalue weighted by Crippen LogP contribution is 2.32. The zero-order valence-corrected chi connectivity index (χ0v) is 13.9. The molecule has 2 rings (SSSR count). The summed E-state index contributed by atoms with van der Waals surface area (Å²) in [5, 5.41) is 3.98. The van der Waals surface area contributed by atoms with Crippen molar-refractivity contribution in [1.82, 2.24) is 9.55 Å². The van der Waals surface area contributed by atoms with Crippen molar-refractivity contribution in [2.75, 3.05) is 5.32 Å². The van der Waals surface area contributed by atoms with Gasteiger partial charge in [0.2, 0.25) is 0 Å². The lowest BCUT2D eigenvalue weighted by atomic mass is 10.2.